The maximum Gasteiger partial charge on any atom is 0.305 e. The van der Waals surface area contributed by atoms with Crippen LogP contribution in [0.5, 0.6) is 0 Å². The van der Waals surface area contributed by atoms with Gasteiger partial charge in [0, 0.05) is 13.7 Å². The molecule has 5 nitrogen and oxygen atoms in total. The molecule has 0 aliphatic carbocycles. The van der Waals surface area contributed by atoms with Crippen molar-refractivity contribution in [3.05, 3.63) is 30.1 Å². The molecule has 2 aromatic rings. The van der Waals surface area contributed by atoms with Gasteiger partial charge in [-0.1, -0.05) is 12.1 Å². The number of halogens is 1. The molecule has 2 rings (SSSR count). The summed E-state index contributed by atoms with van der Waals surface area (Å²) < 4.78 is 6.97. The number of aryl methyl sites for hydroxylation is 1. The van der Waals surface area contributed by atoms with Crippen molar-refractivity contribution < 1.29 is 14.6 Å². The van der Waals surface area contributed by atoms with Gasteiger partial charge >= 0.3 is 5.97 Å². The number of rotatable bonds is 5. The van der Waals surface area contributed by atoms with E-state index in [9.17, 15) is 4.79 Å². The first-order valence-electron chi connectivity index (χ1n) is 5.37. The van der Waals surface area contributed by atoms with Crippen LogP contribution in [0.1, 0.15) is 12.2 Å². The number of aromatic nitrogens is 2. The fourth-order valence-corrected chi connectivity index (χ4v) is 1.82. The van der Waals surface area contributed by atoms with Gasteiger partial charge in [-0.2, -0.15) is 0 Å². The Balaban J connectivity index is 0.00000162. The van der Waals surface area contributed by atoms with Gasteiger partial charge in [0.25, 0.3) is 0 Å². The van der Waals surface area contributed by atoms with E-state index in [4.69, 9.17) is 9.84 Å². The van der Waals surface area contributed by atoms with Crippen molar-refractivity contribution in [3.8, 4) is 0 Å². The highest BCUT2D eigenvalue weighted by Gasteiger charge is 2.10. The summed E-state index contributed by atoms with van der Waals surface area (Å²) >= 11 is 0. The Kier molecular flexibility index (Phi) is 5.12. The maximum atomic E-state index is 10.6. The lowest BCUT2D eigenvalue weighted by atomic mass is 10.3. The monoisotopic (exact) mass is 270 g/mol. The molecule has 0 saturated carbocycles. The first kappa shape index (κ1) is 14.5. The fourth-order valence-electron chi connectivity index (χ4n) is 1.82. The third-order valence-electron chi connectivity index (χ3n) is 2.56. The Bertz CT molecular complexity index is 539. The standard InChI is InChI=1S/C12H14N2O3.ClH/c1-17-8-11-13-9-4-2-3-5-10(9)14(11)7-6-12(15)16;/h2-5H,6-8H2,1H3,(H,15,16);1H. The number of aliphatic carboxylic acids is 1. The van der Waals surface area contributed by atoms with Crippen LogP contribution in [0, 0.1) is 0 Å². The summed E-state index contributed by atoms with van der Waals surface area (Å²) in [5.41, 5.74) is 1.81. The van der Waals surface area contributed by atoms with E-state index in [0.717, 1.165) is 16.9 Å². The van der Waals surface area contributed by atoms with Crippen LogP contribution in [0.2, 0.25) is 0 Å². The molecule has 1 aromatic carbocycles. The van der Waals surface area contributed by atoms with Gasteiger partial charge in [-0.3, -0.25) is 4.79 Å². The Morgan fingerprint density at radius 2 is 2.17 bits per heavy atom. The Morgan fingerprint density at radius 3 is 2.83 bits per heavy atom. The summed E-state index contributed by atoms with van der Waals surface area (Å²) in [5.74, 6) is -0.0545. The Hall–Kier alpha value is -1.59. The number of fused-ring (bicyclic) bond motifs is 1. The molecular weight excluding hydrogens is 256 g/mol. The molecule has 1 aromatic heterocycles. The lowest BCUT2D eigenvalue weighted by Gasteiger charge is -2.06. The number of benzene rings is 1. The molecule has 0 amide bonds. The van der Waals surface area contributed by atoms with E-state index < -0.39 is 5.97 Å². The van der Waals surface area contributed by atoms with Gasteiger partial charge in [0.05, 0.1) is 17.5 Å². The summed E-state index contributed by atoms with van der Waals surface area (Å²) in [6, 6.07) is 7.67. The molecule has 98 valence electrons. The molecule has 0 spiro atoms. The number of nitrogens with zero attached hydrogens (tertiary/aromatic N) is 2. The van der Waals surface area contributed by atoms with Crippen molar-refractivity contribution in [2.24, 2.45) is 0 Å². The van der Waals surface area contributed by atoms with Crippen LogP contribution in [0.25, 0.3) is 11.0 Å². The van der Waals surface area contributed by atoms with E-state index in [1.54, 1.807) is 7.11 Å². The predicted molar refractivity (Wildman–Crippen MR) is 69.9 cm³/mol. The SMILES string of the molecule is COCc1nc2ccccc2n1CCC(=O)O.Cl. The summed E-state index contributed by atoms with van der Waals surface area (Å²) in [7, 11) is 1.60. The minimum absolute atomic E-state index is 0. The molecular formula is C12H15ClN2O3. The zero-order chi connectivity index (χ0) is 12.3. The highest BCUT2D eigenvalue weighted by Crippen LogP contribution is 2.17. The summed E-state index contributed by atoms with van der Waals surface area (Å²) in [6.45, 7) is 0.794. The van der Waals surface area contributed by atoms with Crippen molar-refractivity contribution in [1.82, 2.24) is 9.55 Å². The number of imidazole rings is 1. The van der Waals surface area contributed by atoms with E-state index in [-0.39, 0.29) is 18.8 Å². The van der Waals surface area contributed by atoms with Gasteiger partial charge in [0.2, 0.25) is 0 Å². The predicted octanol–water partition coefficient (Wildman–Crippen LogP) is 2.08. The molecule has 0 aliphatic heterocycles. The van der Waals surface area contributed by atoms with Crippen molar-refractivity contribution in [1.29, 1.82) is 0 Å². The fraction of sp³-hybridized carbons (Fsp3) is 0.333. The molecule has 6 heteroatoms. The topological polar surface area (TPSA) is 64.4 Å². The second kappa shape index (κ2) is 6.37. The van der Waals surface area contributed by atoms with Gasteiger partial charge in [0.1, 0.15) is 12.4 Å². The molecule has 1 heterocycles. The second-order valence-electron chi connectivity index (χ2n) is 3.75. The smallest absolute Gasteiger partial charge is 0.305 e. The summed E-state index contributed by atoms with van der Waals surface area (Å²) in [6.07, 6.45) is 0.0804. The van der Waals surface area contributed by atoms with Crippen molar-refractivity contribution in [2.45, 2.75) is 19.6 Å². The minimum Gasteiger partial charge on any atom is -0.481 e. The normalized spacial score (nSPS) is 10.3. The maximum absolute atomic E-state index is 10.6. The highest BCUT2D eigenvalue weighted by atomic mass is 35.5. The quantitative estimate of drug-likeness (QED) is 0.903. The van der Waals surface area contributed by atoms with E-state index in [1.807, 2.05) is 28.8 Å². The van der Waals surface area contributed by atoms with Gasteiger partial charge < -0.3 is 14.4 Å². The van der Waals surface area contributed by atoms with Crippen LogP contribution in [-0.4, -0.2) is 27.7 Å². The van der Waals surface area contributed by atoms with Crippen molar-refractivity contribution >= 4 is 29.4 Å². The molecule has 0 bridgehead atoms. The van der Waals surface area contributed by atoms with Crippen LogP contribution in [0.4, 0.5) is 0 Å². The lowest BCUT2D eigenvalue weighted by molar-refractivity contribution is -0.137. The number of para-hydroxylation sites is 2. The van der Waals surface area contributed by atoms with Crippen LogP contribution in [-0.2, 0) is 22.7 Å². The van der Waals surface area contributed by atoms with Crippen LogP contribution in [0.3, 0.4) is 0 Å². The van der Waals surface area contributed by atoms with Crippen LogP contribution in [0.15, 0.2) is 24.3 Å². The molecule has 18 heavy (non-hydrogen) atoms. The van der Waals surface area contributed by atoms with Crippen LogP contribution < -0.4 is 0 Å². The third-order valence-corrected chi connectivity index (χ3v) is 2.56. The van der Waals surface area contributed by atoms with E-state index >= 15 is 0 Å². The minimum atomic E-state index is -0.814. The molecule has 0 saturated heterocycles. The summed E-state index contributed by atoms with van der Waals surface area (Å²) in [5, 5.41) is 8.74. The lowest BCUT2D eigenvalue weighted by Crippen LogP contribution is -2.08. The number of methoxy groups -OCH3 is 1. The Morgan fingerprint density at radius 1 is 1.44 bits per heavy atom. The van der Waals surface area contributed by atoms with E-state index in [1.165, 1.54) is 0 Å². The number of hydrogen-bond acceptors (Lipinski definition) is 3. The number of ether oxygens (including phenoxy) is 1. The van der Waals surface area contributed by atoms with Gasteiger partial charge in [0.15, 0.2) is 0 Å². The van der Waals surface area contributed by atoms with Gasteiger partial charge in [-0.25, -0.2) is 4.98 Å². The highest BCUT2D eigenvalue weighted by molar-refractivity contribution is 5.85. The third kappa shape index (κ3) is 3.00. The number of carboxylic acid groups (broad SMARTS) is 1. The molecule has 0 aliphatic rings. The average Bonchev–Trinajstić information content (AvgIpc) is 2.64. The largest absolute Gasteiger partial charge is 0.481 e. The first-order chi connectivity index (χ1) is 8.22. The molecule has 0 fully saturated rings. The first-order valence-corrected chi connectivity index (χ1v) is 5.37. The van der Waals surface area contributed by atoms with Crippen molar-refractivity contribution in [3.63, 3.8) is 0 Å². The number of hydrogen-bond donors (Lipinski definition) is 1. The summed E-state index contributed by atoms with van der Waals surface area (Å²) in [4.78, 5) is 15.1. The molecule has 0 radical (unpaired) electrons. The molecule has 0 unspecified atom stereocenters. The van der Waals surface area contributed by atoms with Gasteiger partial charge in [-0.15, -0.1) is 12.4 Å². The second-order valence-corrected chi connectivity index (χ2v) is 3.75. The van der Waals surface area contributed by atoms with Crippen LogP contribution >= 0.6 is 12.4 Å². The zero-order valence-electron chi connectivity index (χ0n) is 10.00. The van der Waals surface area contributed by atoms with Gasteiger partial charge in [-0.05, 0) is 12.1 Å². The molecule has 0 atom stereocenters. The molecule has 1 N–H and O–H groups in total. The zero-order valence-corrected chi connectivity index (χ0v) is 10.8. The number of carboxylic acids is 1. The van der Waals surface area contributed by atoms with E-state index in [2.05, 4.69) is 4.98 Å². The van der Waals surface area contributed by atoms with Crippen molar-refractivity contribution in [2.75, 3.05) is 7.11 Å². The Labute approximate surface area is 111 Å². The van der Waals surface area contributed by atoms with E-state index in [0.29, 0.717) is 13.2 Å². The number of carbonyl (C=O) groups is 1. The average molecular weight is 271 g/mol.